The van der Waals surface area contributed by atoms with E-state index < -0.39 is 87.3 Å². The lowest BCUT2D eigenvalue weighted by atomic mass is 9.33. The van der Waals surface area contributed by atoms with Crippen LogP contribution in [0, 0.1) is 50.2 Å². The Hall–Kier alpha value is -2.45. The first kappa shape index (κ1) is 48.0. The van der Waals surface area contributed by atoms with Gasteiger partial charge in [0.05, 0.1) is 18.6 Å². The smallest absolute Gasteiger partial charge is 0.359 e. The van der Waals surface area contributed by atoms with E-state index >= 15 is 4.79 Å². The zero-order chi connectivity index (χ0) is 45.5. The van der Waals surface area contributed by atoms with E-state index in [9.17, 15) is 24.0 Å². The van der Waals surface area contributed by atoms with Gasteiger partial charge < -0.3 is 33.2 Å². The Morgan fingerprint density at radius 3 is 2.00 bits per heavy atom. The van der Waals surface area contributed by atoms with Crippen LogP contribution in [0.1, 0.15) is 127 Å². The molecule has 1 saturated heterocycles. The first-order valence-electron chi connectivity index (χ1n) is 21.5. The highest BCUT2D eigenvalue weighted by molar-refractivity contribution is 6.75. The Balaban J connectivity index is 1.34. The summed E-state index contributed by atoms with van der Waals surface area (Å²) in [5, 5.41) is 0. The van der Waals surface area contributed by atoms with E-state index in [1.165, 1.54) is 19.6 Å². The molecule has 13 nitrogen and oxygen atoms in total. The summed E-state index contributed by atoms with van der Waals surface area (Å²) < 4.78 is 38.1. The van der Waals surface area contributed by atoms with Crippen molar-refractivity contribution in [2.75, 3.05) is 13.7 Å². The van der Waals surface area contributed by atoms with Crippen LogP contribution < -0.4 is 0 Å². The van der Waals surface area contributed by atoms with Crippen molar-refractivity contribution < 1.29 is 61.9 Å². The van der Waals surface area contributed by atoms with Crippen molar-refractivity contribution in [1.29, 1.82) is 0 Å². The van der Waals surface area contributed by atoms with Gasteiger partial charge in [0.1, 0.15) is 12.7 Å². The van der Waals surface area contributed by atoms with Crippen LogP contribution in [0.5, 0.6) is 0 Å². The predicted molar refractivity (Wildman–Crippen MR) is 223 cm³/mol. The molecular formula is C45H63Cl3O13. The van der Waals surface area contributed by atoms with Crippen LogP contribution in [0.25, 0.3) is 0 Å². The number of carbonyl (C=O) groups excluding carboxylic acids is 6. The first-order valence-corrected chi connectivity index (χ1v) is 22.6. The van der Waals surface area contributed by atoms with Crippen molar-refractivity contribution in [1.82, 2.24) is 0 Å². The lowest BCUT2D eigenvalue weighted by Gasteiger charge is -2.70. The average molecular weight is 918 g/mol. The standard InChI is InChI=1S/C45H63Cl3O13/c1-23(49)56-22-29-32(57-24(2)50)33(58-25(3)51)34(61-38(54)45(46,47)48)36(59-29)60-31-13-14-42(8)30(39(31,4)5)12-15-44(10)35(42)28(52)20-26-27-21-41(7,37(53)55-11)17-16-40(27,6)18-19-43(26,44)9/h20,27,29-36H,12-19,21-22H2,1-11H3/t27?,29-,30?,31?,32+,33+,34-,35?,36+,40-,41+,42+,43-,44-/m1/s1. The van der Waals surface area contributed by atoms with E-state index in [0.717, 1.165) is 52.4 Å². The van der Waals surface area contributed by atoms with Gasteiger partial charge in [0.25, 0.3) is 3.79 Å². The Bertz CT molecular complexity index is 1840. The zero-order valence-corrected chi connectivity index (χ0v) is 39.6. The second-order valence-corrected chi connectivity index (χ2v) is 22.9. The molecule has 61 heavy (non-hydrogen) atoms. The van der Waals surface area contributed by atoms with Crippen LogP contribution in [0.15, 0.2) is 11.6 Å². The molecule has 14 atom stereocenters. The summed E-state index contributed by atoms with van der Waals surface area (Å²) in [5.41, 5.74) is -1.13. The van der Waals surface area contributed by atoms with Gasteiger partial charge in [0.15, 0.2) is 30.4 Å². The third-order valence-electron chi connectivity index (χ3n) is 16.6. The number of ketones is 1. The molecule has 0 aromatic rings. The maximum absolute atomic E-state index is 15.0. The fraction of sp³-hybridized carbons (Fsp3) is 0.822. The molecule has 0 aromatic heterocycles. The van der Waals surface area contributed by atoms with Gasteiger partial charge in [-0.3, -0.25) is 24.0 Å². The van der Waals surface area contributed by atoms with Crippen molar-refractivity contribution in [2.24, 2.45) is 50.2 Å². The summed E-state index contributed by atoms with van der Waals surface area (Å²) in [5.74, 6) is -3.85. The van der Waals surface area contributed by atoms with Crippen LogP contribution in [0.3, 0.4) is 0 Å². The molecule has 1 heterocycles. The topological polar surface area (TPSA) is 167 Å². The number of esters is 5. The molecule has 0 amide bonds. The van der Waals surface area contributed by atoms with Crippen LogP contribution >= 0.6 is 34.8 Å². The van der Waals surface area contributed by atoms with Crippen molar-refractivity contribution >= 4 is 70.4 Å². The van der Waals surface area contributed by atoms with Gasteiger partial charge in [0.2, 0.25) is 0 Å². The minimum absolute atomic E-state index is 0.0170. The van der Waals surface area contributed by atoms with E-state index in [1.807, 2.05) is 13.0 Å². The van der Waals surface area contributed by atoms with Crippen LogP contribution in [0.4, 0.5) is 0 Å². The highest BCUT2D eigenvalue weighted by Gasteiger charge is 2.71. The molecular weight excluding hydrogens is 855 g/mol. The summed E-state index contributed by atoms with van der Waals surface area (Å²) in [6.45, 7) is 18.5. The number of halogens is 3. The number of rotatable bonds is 8. The van der Waals surface area contributed by atoms with Crippen molar-refractivity contribution in [3.8, 4) is 0 Å². The summed E-state index contributed by atoms with van der Waals surface area (Å²) in [4.78, 5) is 78.2. The van der Waals surface area contributed by atoms with E-state index in [2.05, 4.69) is 41.5 Å². The van der Waals surface area contributed by atoms with Gasteiger partial charge in [-0.05, 0) is 110 Å². The van der Waals surface area contributed by atoms with E-state index in [4.69, 9.17) is 68.0 Å². The van der Waals surface area contributed by atoms with Crippen LogP contribution in [-0.4, -0.2) is 89.9 Å². The second-order valence-electron chi connectivity index (χ2n) is 20.6. The van der Waals surface area contributed by atoms with E-state index in [-0.39, 0.29) is 45.8 Å². The number of methoxy groups -OCH3 is 1. The summed E-state index contributed by atoms with van der Waals surface area (Å²) in [7, 11) is 1.45. The van der Waals surface area contributed by atoms with Gasteiger partial charge in [-0.25, -0.2) is 4.79 Å². The fourth-order valence-corrected chi connectivity index (χ4v) is 13.4. The molecule has 0 aromatic carbocycles. The van der Waals surface area contributed by atoms with Gasteiger partial charge in [0, 0.05) is 26.7 Å². The number of alkyl halides is 3. The highest BCUT2D eigenvalue weighted by Crippen LogP contribution is 2.75. The molecule has 4 saturated carbocycles. The molecule has 0 bridgehead atoms. The van der Waals surface area contributed by atoms with Crippen molar-refractivity contribution in [3.63, 3.8) is 0 Å². The Labute approximate surface area is 374 Å². The quantitative estimate of drug-likeness (QED) is 0.0997. The van der Waals surface area contributed by atoms with E-state index in [1.54, 1.807) is 0 Å². The molecule has 6 aliphatic rings. The Morgan fingerprint density at radius 1 is 0.787 bits per heavy atom. The molecule has 0 spiro atoms. The number of carbonyl (C=O) groups is 6. The molecule has 342 valence electrons. The summed E-state index contributed by atoms with van der Waals surface area (Å²) >= 11 is 17.8. The third kappa shape index (κ3) is 8.27. The first-order chi connectivity index (χ1) is 28.1. The van der Waals surface area contributed by atoms with Gasteiger partial charge in [-0.2, -0.15) is 0 Å². The number of hydrogen-bond acceptors (Lipinski definition) is 13. The number of ether oxygens (including phenoxy) is 7. The molecule has 0 radical (unpaired) electrons. The SMILES string of the molecule is COC(=O)[C@@]1(C)CC[C@]2(C)CC[C@]3(C)C(=CC(=O)C4[C@@]5(C)CCC(O[C@@H]6O[C@H](COC(C)=O)[C@H](OC(C)=O)[C@H](OC(C)=O)[C@H]6OC(=O)C(Cl)(Cl)Cl)C(C)(C)C5CC[C@]43C)C2C1. The summed E-state index contributed by atoms with van der Waals surface area (Å²) in [6.07, 6.45) is 1.06. The minimum Gasteiger partial charge on any atom is -0.469 e. The average Bonchev–Trinajstić information content (AvgIpc) is 3.14. The van der Waals surface area contributed by atoms with Crippen molar-refractivity contribution in [2.45, 2.75) is 168 Å². The highest BCUT2D eigenvalue weighted by atomic mass is 35.6. The molecule has 1 aliphatic heterocycles. The second kappa shape index (κ2) is 16.5. The molecule has 5 fully saturated rings. The fourth-order valence-electron chi connectivity index (χ4n) is 13.3. The van der Waals surface area contributed by atoms with E-state index in [0.29, 0.717) is 19.3 Å². The number of hydrogen-bond donors (Lipinski definition) is 0. The third-order valence-corrected chi connectivity index (χ3v) is 17.1. The zero-order valence-electron chi connectivity index (χ0n) is 37.3. The normalized spacial score (nSPS) is 42.8. The largest absolute Gasteiger partial charge is 0.469 e. The van der Waals surface area contributed by atoms with Gasteiger partial charge in [-0.15, -0.1) is 0 Å². The lowest BCUT2D eigenvalue weighted by Crippen LogP contribution is -2.68. The van der Waals surface area contributed by atoms with Crippen LogP contribution in [0.2, 0.25) is 0 Å². The number of allylic oxidation sites excluding steroid dienone is 2. The lowest BCUT2D eigenvalue weighted by molar-refractivity contribution is -0.332. The van der Waals surface area contributed by atoms with Gasteiger partial charge in [-0.1, -0.05) is 81.9 Å². The molecule has 5 aliphatic carbocycles. The Kier molecular flexibility index (Phi) is 13.0. The van der Waals surface area contributed by atoms with Crippen molar-refractivity contribution in [3.05, 3.63) is 11.6 Å². The maximum Gasteiger partial charge on any atom is 0.359 e. The maximum atomic E-state index is 15.0. The minimum atomic E-state index is -2.55. The summed E-state index contributed by atoms with van der Waals surface area (Å²) in [6, 6.07) is 0. The Morgan fingerprint density at radius 2 is 1.41 bits per heavy atom. The van der Waals surface area contributed by atoms with Crippen LogP contribution in [-0.2, 0) is 61.9 Å². The molecule has 6 rings (SSSR count). The monoisotopic (exact) mass is 916 g/mol. The molecule has 0 N–H and O–H groups in total. The predicted octanol–water partition coefficient (Wildman–Crippen LogP) is 7.96. The molecule has 16 heteroatoms. The number of fused-ring (bicyclic) bond motifs is 7. The molecule has 4 unspecified atom stereocenters. The van der Waals surface area contributed by atoms with Gasteiger partial charge >= 0.3 is 29.8 Å².